The van der Waals surface area contributed by atoms with Crippen LogP contribution in [0, 0.1) is 0 Å². The number of pyridine rings is 1. The Balaban J connectivity index is 1.61. The van der Waals surface area contributed by atoms with E-state index in [-0.39, 0.29) is 12.1 Å². The van der Waals surface area contributed by atoms with Gasteiger partial charge in [0.05, 0.1) is 24.8 Å². The average Bonchev–Trinajstić information content (AvgIpc) is 3.07. The van der Waals surface area contributed by atoms with E-state index >= 15 is 0 Å². The van der Waals surface area contributed by atoms with E-state index in [4.69, 9.17) is 9.72 Å². The molecule has 0 aliphatic carbocycles. The van der Waals surface area contributed by atoms with Crippen LogP contribution in [0.4, 0.5) is 5.82 Å². The van der Waals surface area contributed by atoms with Crippen molar-refractivity contribution < 1.29 is 9.84 Å². The summed E-state index contributed by atoms with van der Waals surface area (Å²) in [6.07, 6.45) is -0.296. The molecule has 0 unspecified atom stereocenters. The number of fused-ring (bicyclic) bond motifs is 1. The molecule has 0 radical (unpaired) electrons. The molecule has 2 fully saturated rings. The maximum absolute atomic E-state index is 10.5. The van der Waals surface area contributed by atoms with Crippen molar-refractivity contribution in [2.24, 2.45) is 0 Å². The highest BCUT2D eigenvalue weighted by Crippen LogP contribution is 2.27. The molecule has 0 spiro atoms. The highest BCUT2D eigenvalue weighted by molar-refractivity contribution is 5.81. The van der Waals surface area contributed by atoms with Gasteiger partial charge in [0, 0.05) is 49.7 Å². The van der Waals surface area contributed by atoms with Gasteiger partial charge in [0.1, 0.15) is 5.82 Å². The number of benzene rings is 1. The summed E-state index contributed by atoms with van der Waals surface area (Å²) in [6, 6.07) is 10.8. The van der Waals surface area contributed by atoms with E-state index in [0.717, 1.165) is 57.3 Å². The van der Waals surface area contributed by atoms with Crippen molar-refractivity contribution in [3.63, 3.8) is 0 Å². The molecule has 2 atom stereocenters. The Morgan fingerprint density at radius 1 is 1.22 bits per heavy atom. The lowest BCUT2D eigenvalue weighted by Gasteiger charge is -2.31. The summed E-state index contributed by atoms with van der Waals surface area (Å²) in [5.41, 5.74) is 2.27. The van der Waals surface area contributed by atoms with Crippen LogP contribution in [0.5, 0.6) is 0 Å². The van der Waals surface area contributed by atoms with Crippen molar-refractivity contribution in [2.45, 2.75) is 25.6 Å². The monoisotopic (exact) mass is 370 g/mol. The van der Waals surface area contributed by atoms with E-state index in [2.05, 4.69) is 52.9 Å². The summed E-state index contributed by atoms with van der Waals surface area (Å²) < 4.78 is 5.53. The third-order valence-corrected chi connectivity index (χ3v) is 5.88. The molecule has 27 heavy (non-hydrogen) atoms. The van der Waals surface area contributed by atoms with Crippen LogP contribution in [0.3, 0.4) is 0 Å². The topological polar surface area (TPSA) is 52.1 Å². The number of aromatic nitrogens is 1. The third-order valence-electron chi connectivity index (χ3n) is 5.88. The summed E-state index contributed by atoms with van der Waals surface area (Å²) in [5, 5.41) is 11.7. The number of ether oxygens (including phenoxy) is 1. The number of hydrogen-bond donors (Lipinski definition) is 1. The second-order valence-electron chi connectivity index (χ2n) is 7.67. The van der Waals surface area contributed by atoms with E-state index in [1.165, 1.54) is 10.9 Å². The van der Waals surface area contributed by atoms with Crippen molar-refractivity contribution in [3.8, 4) is 0 Å². The van der Waals surface area contributed by atoms with Crippen molar-refractivity contribution in [3.05, 3.63) is 35.9 Å². The first-order valence-corrected chi connectivity index (χ1v) is 9.97. The zero-order valence-electron chi connectivity index (χ0n) is 16.3. The molecule has 3 heterocycles. The van der Waals surface area contributed by atoms with E-state index < -0.39 is 0 Å². The van der Waals surface area contributed by atoms with Crippen LogP contribution in [0.1, 0.15) is 12.5 Å². The Bertz CT molecular complexity index is 778. The number of aliphatic hydroxyl groups is 1. The highest BCUT2D eigenvalue weighted by Gasteiger charge is 2.34. The summed E-state index contributed by atoms with van der Waals surface area (Å²) in [5.74, 6) is 1.07. The van der Waals surface area contributed by atoms with Crippen molar-refractivity contribution >= 4 is 16.7 Å². The molecule has 0 saturated carbocycles. The molecule has 2 aliphatic heterocycles. The first-order chi connectivity index (χ1) is 13.2. The van der Waals surface area contributed by atoms with Crippen LogP contribution in [0.2, 0.25) is 0 Å². The number of likely N-dealkylation sites (tertiary alicyclic amines) is 1. The zero-order chi connectivity index (χ0) is 18.8. The van der Waals surface area contributed by atoms with Gasteiger partial charge in [-0.05, 0) is 25.7 Å². The molecule has 6 nitrogen and oxygen atoms in total. The minimum absolute atomic E-state index is 0.204. The van der Waals surface area contributed by atoms with Gasteiger partial charge in [-0.3, -0.25) is 9.80 Å². The molecule has 4 rings (SSSR count). The number of β-amino-alcohol motifs (C(OH)–C–C–N with tert-alkyl or cyclic N) is 1. The van der Waals surface area contributed by atoms with Gasteiger partial charge in [-0.1, -0.05) is 25.1 Å². The number of para-hydroxylation sites is 1. The fraction of sp³-hybridized carbons (Fsp3) is 0.571. The molecule has 1 N–H and O–H groups in total. The van der Waals surface area contributed by atoms with Gasteiger partial charge in [0.2, 0.25) is 0 Å². The molecule has 2 aromatic rings. The minimum Gasteiger partial charge on any atom is -0.390 e. The van der Waals surface area contributed by atoms with Gasteiger partial charge in [0.15, 0.2) is 0 Å². The number of morpholine rings is 1. The lowest BCUT2D eigenvalue weighted by Crippen LogP contribution is -2.40. The summed E-state index contributed by atoms with van der Waals surface area (Å²) in [4.78, 5) is 11.9. The van der Waals surface area contributed by atoms with Crippen molar-refractivity contribution in [1.82, 2.24) is 14.8 Å². The van der Waals surface area contributed by atoms with Crippen LogP contribution >= 0.6 is 0 Å². The largest absolute Gasteiger partial charge is 0.390 e. The fourth-order valence-electron chi connectivity index (χ4n) is 4.20. The third kappa shape index (κ3) is 3.94. The zero-order valence-corrected chi connectivity index (χ0v) is 16.3. The minimum atomic E-state index is -0.296. The molecule has 1 aromatic heterocycles. The lowest BCUT2D eigenvalue weighted by molar-refractivity contribution is 0.102. The second-order valence-corrected chi connectivity index (χ2v) is 7.67. The second kappa shape index (κ2) is 8.10. The molecule has 0 bridgehead atoms. The van der Waals surface area contributed by atoms with Gasteiger partial charge >= 0.3 is 0 Å². The smallest absolute Gasteiger partial charge is 0.133 e. The van der Waals surface area contributed by atoms with Gasteiger partial charge in [-0.2, -0.15) is 0 Å². The van der Waals surface area contributed by atoms with E-state index in [1.807, 2.05) is 6.07 Å². The lowest BCUT2D eigenvalue weighted by atomic mass is 10.1. The van der Waals surface area contributed by atoms with Gasteiger partial charge in [-0.25, -0.2) is 4.98 Å². The molecule has 0 amide bonds. The Morgan fingerprint density at radius 2 is 2.00 bits per heavy atom. The quantitative estimate of drug-likeness (QED) is 0.862. The average molecular weight is 370 g/mol. The summed E-state index contributed by atoms with van der Waals surface area (Å²) >= 11 is 0. The van der Waals surface area contributed by atoms with E-state index in [0.29, 0.717) is 6.54 Å². The number of rotatable bonds is 5. The van der Waals surface area contributed by atoms with Crippen LogP contribution < -0.4 is 4.90 Å². The molecule has 6 heteroatoms. The summed E-state index contributed by atoms with van der Waals surface area (Å²) in [7, 11) is 2.09. The number of hydrogen-bond acceptors (Lipinski definition) is 6. The Morgan fingerprint density at radius 3 is 2.78 bits per heavy atom. The van der Waals surface area contributed by atoms with E-state index in [9.17, 15) is 5.11 Å². The van der Waals surface area contributed by atoms with Crippen LogP contribution in [-0.4, -0.2) is 85.0 Å². The Hall–Kier alpha value is -1.73. The molecule has 146 valence electrons. The molecule has 2 aliphatic rings. The number of likely N-dealkylation sites (N-methyl/N-ethyl adjacent to an activating group) is 1. The molecular weight excluding hydrogens is 340 g/mol. The maximum atomic E-state index is 10.5. The number of nitrogens with zero attached hydrogens (tertiary/aromatic N) is 4. The number of aliphatic hydroxyl groups excluding tert-OH is 1. The van der Waals surface area contributed by atoms with E-state index in [1.54, 1.807) is 0 Å². The first-order valence-electron chi connectivity index (χ1n) is 9.97. The SMILES string of the molecule is CCN(C)[C@H]1CN(Cc2cc3ccccc3nc2N2CCOCC2)C[C@@H]1O. The van der Waals surface area contributed by atoms with Gasteiger partial charge in [0.25, 0.3) is 0 Å². The Kier molecular flexibility index (Phi) is 5.59. The van der Waals surface area contributed by atoms with Crippen molar-refractivity contribution in [2.75, 3.05) is 57.9 Å². The maximum Gasteiger partial charge on any atom is 0.133 e. The fourth-order valence-corrected chi connectivity index (χ4v) is 4.20. The molecular formula is C21H30N4O2. The number of anilines is 1. The van der Waals surface area contributed by atoms with Crippen LogP contribution in [-0.2, 0) is 11.3 Å². The first kappa shape index (κ1) is 18.6. The predicted molar refractivity (Wildman–Crippen MR) is 108 cm³/mol. The predicted octanol–water partition coefficient (Wildman–Crippen LogP) is 1.57. The Labute approximate surface area is 161 Å². The van der Waals surface area contributed by atoms with Gasteiger partial charge in [-0.15, -0.1) is 0 Å². The normalized spacial score (nSPS) is 24.2. The van der Waals surface area contributed by atoms with Crippen molar-refractivity contribution in [1.29, 1.82) is 0 Å². The summed E-state index contributed by atoms with van der Waals surface area (Å²) in [6.45, 7) is 8.76. The molecule has 1 aromatic carbocycles. The van der Waals surface area contributed by atoms with Crippen LogP contribution in [0.15, 0.2) is 30.3 Å². The molecule has 2 saturated heterocycles. The standard InChI is InChI=1S/C21H30N4O2/c1-3-23(2)19-14-24(15-20(19)26)13-17-12-16-6-4-5-7-18(16)22-21(17)25-8-10-27-11-9-25/h4-7,12,19-20,26H,3,8-11,13-15H2,1-2H3/t19-,20-/m0/s1. The highest BCUT2D eigenvalue weighted by atomic mass is 16.5. The van der Waals surface area contributed by atoms with Crippen LogP contribution in [0.25, 0.3) is 10.9 Å². The van der Waals surface area contributed by atoms with Gasteiger partial charge < -0.3 is 14.7 Å².